The number of nitrogens with one attached hydrogen (secondary N) is 2. The number of nitrogens with zero attached hydrogens (tertiary/aromatic N) is 3. The van der Waals surface area contributed by atoms with E-state index >= 15 is 0 Å². The molecule has 6 nitrogen and oxygen atoms in total. The lowest BCUT2D eigenvalue weighted by Gasteiger charge is -2.35. The average Bonchev–Trinajstić information content (AvgIpc) is 3.00. The van der Waals surface area contributed by atoms with Gasteiger partial charge in [0.25, 0.3) is 0 Å². The second-order valence-electron chi connectivity index (χ2n) is 7.57. The molecular formula is C18H35N5O. The van der Waals surface area contributed by atoms with Gasteiger partial charge in [0.1, 0.15) is 6.23 Å². The molecule has 1 aliphatic rings. The third kappa shape index (κ3) is 5.55. The van der Waals surface area contributed by atoms with Crippen LogP contribution in [0.4, 0.5) is 0 Å². The summed E-state index contributed by atoms with van der Waals surface area (Å²) in [4.78, 5) is 4.55. The van der Waals surface area contributed by atoms with Crippen LogP contribution in [0.2, 0.25) is 0 Å². The van der Waals surface area contributed by atoms with Gasteiger partial charge in [0.15, 0.2) is 0 Å². The van der Waals surface area contributed by atoms with E-state index < -0.39 is 0 Å². The van der Waals surface area contributed by atoms with Gasteiger partial charge in [-0.25, -0.2) is 0 Å². The Bertz CT molecular complexity index is 468. The number of piperidine rings is 1. The van der Waals surface area contributed by atoms with Crippen LogP contribution in [0.1, 0.15) is 50.3 Å². The molecule has 1 aliphatic heterocycles. The first-order valence-electron chi connectivity index (χ1n) is 9.28. The fourth-order valence-electron chi connectivity index (χ4n) is 3.53. The fourth-order valence-corrected chi connectivity index (χ4v) is 3.53. The Hall–Kier alpha value is -0.950. The second kappa shape index (κ2) is 9.51. The second-order valence-corrected chi connectivity index (χ2v) is 7.57. The summed E-state index contributed by atoms with van der Waals surface area (Å²) < 4.78 is 0. The van der Waals surface area contributed by atoms with Crippen molar-refractivity contribution in [3.05, 3.63) is 17.5 Å². The largest absolute Gasteiger partial charge is 0.378 e. The van der Waals surface area contributed by atoms with Gasteiger partial charge in [-0.1, -0.05) is 13.8 Å². The molecule has 6 heteroatoms. The molecule has 1 atom stereocenters. The Balaban J connectivity index is 1.87. The summed E-state index contributed by atoms with van der Waals surface area (Å²) in [6.45, 7) is 9.22. The van der Waals surface area contributed by atoms with Crippen LogP contribution >= 0.6 is 0 Å². The zero-order valence-electron chi connectivity index (χ0n) is 15.8. The number of H-pyrrole nitrogens is 1. The molecule has 0 amide bonds. The zero-order valence-corrected chi connectivity index (χ0v) is 15.8. The Morgan fingerprint density at radius 3 is 2.75 bits per heavy atom. The highest BCUT2D eigenvalue weighted by molar-refractivity contribution is 5.21. The van der Waals surface area contributed by atoms with Gasteiger partial charge in [-0.3, -0.25) is 10.00 Å². The average molecular weight is 338 g/mol. The minimum atomic E-state index is -0.292. The number of likely N-dealkylation sites (tertiary alicyclic amines) is 1. The topological polar surface area (TPSA) is 67.4 Å². The van der Waals surface area contributed by atoms with E-state index in [0.29, 0.717) is 11.8 Å². The van der Waals surface area contributed by atoms with Crippen molar-refractivity contribution in [3.8, 4) is 0 Å². The Morgan fingerprint density at radius 2 is 2.12 bits per heavy atom. The molecule has 1 saturated heterocycles. The number of aliphatic hydroxyl groups is 1. The molecule has 138 valence electrons. The standard InChI is InChI=1S/C18H35N5O/c1-14(2)11-17(24)23-8-5-15(6-9-23)18-16(12-20-21-18)13-22(4)10-7-19-3/h12,14-15,17,19,24H,5-11,13H2,1-4H3,(H,20,21). The predicted molar refractivity (Wildman–Crippen MR) is 97.9 cm³/mol. The maximum Gasteiger partial charge on any atom is 0.107 e. The minimum absolute atomic E-state index is 0.292. The molecule has 1 unspecified atom stereocenters. The van der Waals surface area contributed by atoms with Gasteiger partial charge >= 0.3 is 0 Å². The fraction of sp³-hybridized carbons (Fsp3) is 0.833. The van der Waals surface area contributed by atoms with Crippen LogP contribution in [-0.2, 0) is 6.54 Å². The van der Waals surface area contributed by atoms with Crippen molar-refractivity contribution < 1.29 is 5.11 Å². The summed E-state index contributed by atoms with van der Waals surface area (Å²) in [5, 5.41) is 21.0. The normalized spacial score (nSPS) is 18.6. The van der Waals surface area contributed by atoms with Crippen LogP contribution in [0.3, 0.4) is 0 Å². The van der Waals surface area contributed by atoms with Crippen LogP contribution in [0, 0.1) is 5.92 Å². The van der Waals surface area contributed by atoms with E-state index in [2.05, 4.69) is 46.2 Å². The SMILES string of the molecule is CNCCN(C)Cc1cn[nH]c1C1CCN(C(O)CC(C)C)CC1. The maximum atomic E-state index is 10.3. The van der Waals surface area contributed by atoms with Crippen molar-refractivity contribution in [1.29, 1.82) is 0 Å². The molecule has 24 heavy (non-hydrogen) atoms. The third-order valence-corrected chi connectivity index (χ3v) is 4.98. The molecule has 1 aromatic rings. The molecule has 3 N–H and O–H groups in total. The van der Waals surface area contributed by atoms with Crippen LogP contribution in [0.25, 0.3) is 0 Å². The number of hydrogen-bond donors (Lipinski definition) is 3. The molecule has 0 aromatic carbocycles. The molecule has 1 aromatic heterocycles. The Labute approximate surface area is 146 Å². The van der Waals surface area contributed by atoms with E-state index in [0.717, 1.165) is 52.0 Å². The van der Waals surface area contributed by atoms with Crippen molar-refractivity contribution in [3.63, 3.8) is 0 Å². The number of rotatable bonds is 9. The zero-order chi connectivity index (χ0) is 17.5. The summed E-state index contributed by atoms with van der Waals surface area (Å²) >= 11 is 0. The molecule has 0 spiro atoms. The van der Waals surface area contributed by atoms with Gasteiger partial charge in [0.05, 0.1) is 6.20 Å². The highest BCUT2D eigenvalue weighted by Crippen LogP contribution is 2.30. The lowest BCUT2D eigenvalue weighted by molar-refractivity contribution is -0.0242. The summed E-state index contributed by atoms with van der Waals surface area (Å²) in [5.41, 5.74) is 2.61. The Kier molecular flexibility index (Phi) is 7.68. The predicted octanol–water partition coefficient (Wildman–Crippen LogP) is 1.60. The summed E-state index contributed by atoms with van der Waals surface area (Å²) in [6.07, 6.45) is 4.72. The first-order valence-corrected chi connectivity index (χ1v) is 9.28. The van der Waals surface area contributed by atoms with Gasteiger partial charge in [0.2, 0.25) is 0 Å². The molecule has 0 radical (unpaired) electrons. The molecular weight excluding hydrogens is 302 g/mol. The van der Waals surface area contributed by atoms with E-state index in [1.54, 1.807) is 0 Å². The van der Waals surface area contributed by atoms with E-state index in [1.807, 2.05) is 13.2 Å². The van der Waals surface area contributed by atoms with E-state index in [1.165, 1.54) is 11.3 Å². The van der Waals surface area contributed by atoms with Crippen molar-refractivity contribution in [2.45, 2.75) is 51.8 Å². The lowest BCUT2D eigenvalue weighted by Crippen LogP contribution is -2.41. The van der Waals surface area contributed by atoms with E-state index in [4.69, 9.17) is 0 Å². The number of hydrogen-bond acceptors (Lipinski definition) is 5. The van der Waals surface area contributed by atoms with E-state index in [-0.39, 0.29) is 6.23 Å². The first-order chi connectivity index (χ1) is 11.5. The molecule has 2 rings (SSSR count). The maximum absolute atomic E-state index is 10.3. The highest BCUT2D eigenvalue weighted by atomic mass is 16.3. The van der Waals surface area contributed by atoms with Crippen molar-refractivity contribution in [1.82, 2.24) is 25.3 Å². The molecule has 1 fully saturated rings. The van der Waals surface area contributed by atoms with Crippen molar-refractivity contribution >= 4 is 0 Å². The van der Waals surface area contributed by atoms with Gasteiger partial charge < -0.3 is 15.3 Å². The van der Waals surface area contributed by atoms with Crippen LogP contribution in [0.5, 0.6) is 0 Å². The van der Waals surface area contributed by atoms with Crippen molar-refractivity contribution in [2.24, 2.45) is 5.92 Å². The van der Waals surface area contributed by atoms with E-state index in [9.17, 15) is 5.11 Å². The summed E-state index contributed by atoms with van der Waals surface area (Å²) in [5.74, 6) is 1.06. The lowest BCUT2D eigenvalue weighted by atomic mass is 9.90. The Morgan fingerprint density at radius 1 is 1.42 bits per heavy atom. The number of aromatic amines is 1. The quantitative estimate of drug-likeness (QED) is 0.639. The third-order valence-electron chi connectivity index (χ3n) is 4.98. The summed E-state index contributed by atoms with van der Waals surface area (Å²) in [6, 6.07) is 0. The van der Waals surface area contributed by atoms with Gasteiger partial charge in [-0.2, -0.15) is 5.10 Å². The minimum Gasteiger partial charge on any atom is -0.378 e. The van der Waals surface area contributed by atoms with Crippen LogP contribution in [-0.4, -0.2) is 71.6 Å². The monoisotopic (exact) mass is 337 g/mol. The summed E-state index contributed by atoms with van der Waals surface area (Å²) in [7, 11) is 4.14. The number of aromatic nitrogens is 2. The van der Waals surface area contributed by atoms with Gasteiger partial charge in [0, 0.05) is 49.9 Å². The van der Waals surface area contributed by atoms with Crippen molar-refractivity contribution in [2.75, 3.05) is 40.3 Å². The number of aliphatic hydroxyl groups excluding tert-OH is 1. The highest BCUT2D eigenvalue weighted by Gasteiger charge is 2.27. The number of likely N-dealkylation sites (N-methyl/N-ethyl adjacent to an activating group) is 2. The molecule has 0 bridgehead atoms. The van der Waals surface area contributed by atoms with Gasteiger partial charge in [-0.15, -0.1) is 0 Å². The molecule has 0 aliphatic carbocycles. The molecule has 0 saturated carbocycles. The molecule has 2 heterocycles. The van der Waals surface area contributed by atoms with Crippen LogP contribution < -0.4 is 5.32 Å². The van der Waals surface area contributed by atoms with Gasteiger partial charge in [-0.05, 0) is 39.3 Å². The first kappa shape index (κ1) is 19.4. The smallest absolute Gasteiger partial charge is 0.107 e. The van der Waals surface area contributed by atoms with Crippen LogP contribution in [0.15, 0.2) is 6.20 Å².